The summed E-state index contributed by atoms with van der Waals surface area (Å²) in [5.74, 6) is 0.477. The van der Waals surface area contributed by atoms with E-state index in [2.05, 4.69) is 45.7 Å². The molecule has 0 aromatic heterocycles. The zero-order chi connectivity index (χ0) is 10.6. The summed E-state index contributed by atoms with van der Waals surface area (Å²) in [5, 5.41) is 1.90. The smallest absolute Gasteiger partial charge is 0.139 e. The molecule has 0 aliphatic heterocycles. The van der Waals surface area contributed by atoms with Crippen LogP contribution in [-0.4, -0.2) is 16.4 Å². The minimum atomic E-state index is -0.0791. The molecule has 0 saturated heterocycles. The van der Waals surface area contributed by atoms with E-state index in [9.17, 15) is 4.79 Å². The van der Waals surface area contributed by atoms with Crippen molar-refractivity contribution in [2.45, 2.75) is 33.1 Å². The van der Waals surface area contributed by atoms with E-state index in [4.69, 9.17) is 0 Å². The quantitative estimate of drug-likeness (QED) is 0.710. The van der Waals surface area contributed by atoms with Crippen LogP contribution in [0, 0.1) is 16.2 Å². The third-order valence-corrected chi connectivity index (χ3v) is 7.32. The Hall–Kier alpha value is 0.630. The first-order chi connectivity index (χ1) is 6.46. The van der Waals surface area contributed by atoms with E-state index in [0.29, 0.717) is 5.78 Å². The predicted octanol–water partition coefficient (Wildman–Crippen LogP) is 3.54. The maximum atomic E-state index is 12.1. The summed E-state index contributed by atoms with van der Waals surface area (Å²) in [5.41, 5.74) is 0.271. The normalized spacial score (nSPS) is 51.6. The van der Waals surface area contributed by atoms with E-state index in [1.54, 1.807) is 0 Å². The van der Waals surface area contributed by atoms with Crippen molar-refractivity contribution < 1.29 is 4.79 Å². The Bertz CT molecular complexity index is 291. The molecular formula is C11H16Br2O. The lowest BCUT2D eigenvalue weighted by Crippen LogP contribution is -2.40. The van der Waals surface area contributed by atoms with Crippen molar-refractivity contribution in [1.82, 2.24) is 0 Å². The molecule has 0 aromatic rings. The molecule has 2 fully saturated rings. The average molecular weight is 324 g/mol. The molecule has 3 unspecified atom stereocenters. The Morgan fingerprint density at radius 1 is 1.21 bits per heavy atom. The van der Waals surface area contributed by atoms with Crippen LogP contribution in [0.5, 0.6) is 0 Å². The molecule has 2 aliphatic rings. The van der Waals surface area contributed by atoms with Crippen LogP contribution in [0.4, 0.5) is 0 Å². The zero-order valence-corrected chi connectivity index (χ0v) is 11.9. The number of ketones is 1. The number of alkyl halides is 2. The van der Waals surface area contributed by atoms with Crippen LogP contribution >= 0.6 is 31.9 Å². The van der Waals surface area contributed by atoms with Crippen LogP contribution in [0.15, 0.2) is 0 Å². The molecule has 80 valence electrons. The van der Waals surface area contributed by atoms with Crippen LogP contribution in [0.1, 0.15) is 33.1 Å². The lowest BCUT2D eigenvalue weighted by Gasteiger charge is -2.41. The summed E-state index contributed by atoms with van der Waals surface area (Å²) in [6.45, 7) is 4.44. The molecule has 0 N–H and O–H groups in total. The first kappa shape index (κ1) is 11.1. The molecule has 3 heteroatoms. The highest BCUT2D eigenvalue weighted by molar-refractivity contribution is 9.09. The Morgan fingerprint density at radius 3 is 2.21 bits per heavy atom. The van der Waals surface area contributed by atoms with Crippen LogP contribution in [0.2, 0.25) is 0 Å². The fourth-order valence-electron chi connectivity index (χ4n) is 3.41. The summed E-state index contributed by atoms with van der Waals surface area (Å²) >= 11 is 7.23. The Balaban J connectivity index is 2.53. The number of hydrogen-bond donors (Lipinski definition) is 0. The van der Waals surface area contributed by atoms with E-state index in [-0.39, 0.29) is 16.2 Å². The summed E-state index contributed by atoms with van der Waals surface area (Å²) in [6, 6.07) is 0. The second-order valence-electron chi connectivity index (χ2n) is 5.31. The Labute approximate surface area is 102 Å². The molecule has 1 nitrogen and oxygen atoms in total. The highest BCUT2D eigenvalue weighted by Gasteiger charge is 2.70. The third-order valence-electron chi connectivity index (χ3n) is 5.13. The van der Waals surface area contributed by atoms with Crippen LogP contribution in [0.25, 0.3) is 0 Å². The Morgan fingerprint density at radius 2 is 1.86 bits per heavy atom. The average Bonchev–Trinajstić information content (AvgIpc) is 2.50. The van der Waals surface area contributed by atoms with Gasteiger partial charge in [-0.15, -0.1) is 0 Å². The van der Waals surface area contributed by atoms with Gasteiger partial charge in [-0.25, -0.2) is 0 Å². The lowest BCUT2D eigenvalue weighted by molar-refractivity contribution is -0.128. The second kappa shape index (κ2) is 3.07. The van der Waals surface area contributed by atoms with Crippen LogP contribution in [-0.2, 0) is 4.79 Å². The van der Waals surface area contributed by atoms with Gasteiger partial charge in [0, 0.05) is 22.5 Å². The van der Waals surface area contributed by atoms with Crippen LogP contribution < -0.4 is 0 Å². The Kier molecular flexibility index (Phi) is 2.44. The molecule has 0 radical (unpaired) electrons. The first-order valence-electron chi connectivity index (χ1n) is 5.11. The molecule has 0 heterocycles. The van der Waals surface area contributed by atoms with Gasteiger partial charge in [0.05, 0.1) is 0 Å². The number of Topliss-reactive ketones (excluding diaryl/α,β-unsaturated/α-hetero) is 1. The minimum absolute atomic E-state index is 0.0791. The molecule has 14 heavy (non-hydrogen) atoms. The van der Waals surface area contributed by atoms with E-state index < -0.39 is 0 Å². The van der Waals surface area contributed by atoms with Gasteiger partial charge in [0.25, 0.3) is 0 Å². The van der Waals surface area contributed by atoms with Crippen molar-refractivity contribution in [1.29, 1.82) is 0 Å². The SMILES string of the molecule is CC12CCC(CBr)(CC1=O)C2(C)CBr. The molecule has 2 rings (SSSR count). The number of fused-ring (bicyclic) bond motifs is 2. The van der Waals surface area contributed by atoms with Gasteiger partial charge in [-0.2, -0.15) is 0 Å². The maximum absolute atomic E-state index is 12.1. The van der Waals surface area contributed by atoms with Gasteiger partial charge in [0.2, 0.25) is 0 Å². The molecule has 3 atom stereocenters. The monoisotopic (exact) mass is 322 g/mol. The first-order valence-corrected chi connectivity index (χ1v) is 7.35. The number of rotatable bonds is 2. The van der Waals surface area contributed by atoms with Gasteiger partial charge in [-0.1, -0.05) is 45.7 Å². The maximum Gasteiger partial charge on any atom is 0.139 e. The molecule has 0 spiro atoms. The highest BCUT2D eigenvalue weighted by Crippen LogP contribution is 2.71. The van der Waals surface area contributed by atoms with Crippen LogP contribution in [0.3, 0.4) is 0 Å². The fraction of sp³-hybridized carbons (Fsp3) is 0.909. The van der Waals surface area contributed by atoms with Gasteiger partial charge >= 0.3 is 0 Å². The van der Waals surface area contributed by atoms with Crippen molar-refractivity contribution in [3.8, 4) is 0 Å². The summed E-state index contributed by atoms with van der Waals surface area (Å²) in [6.07, 6.45) is 3.04. The van der Waals surface area contributed by atoms with Crippen molar-refractivity contribution >= 4 is 37.6 Å². The van der Waals surface area contributed by atoms with E-state index >= 15 is 0 Å². The van der Waals surface area contributed by atoms with Crippen molar-refractivity contribution in [2.75, 3.05) is 10.7 Å². The molecule has 0 amide bonds. The van der Waals surface area contributed by atoms with Gasteiger partial charge in [0.1, 0.15) is 5.78 Å². The third kappa shape index (κ3) is 0.940. The molecule has 2 saturated carbocycles. The van der Waals surface area contributed by atoms with Gasteiger partial charge in [-0.05, 0) is 23.7 Å². The van der Waals surface area contributed by atoms with Gasteiger partial charge < -0.3 is 0 Å². The zero-order valence-electron chi connectivity index (χ0n) is 8.70. The second-order valence-corrected chi connectivity index (χ2v) is 6.43. The van der Waals surface area contributed by atoms with Crippen molar-refractivity contribution in [3.05, 3.63) is 0 Å². The predicted molar refractivity (Wildman–Crippen MR) is 65.1 cm³/mol. The lowest BCUT2D eigenvalue weighted by atomic mass is 9.66. The molecular weight excluding hydrogens is 308 g/mol. The van der Waals surface area contributed by atoms with E-state index in [1.807, 2.05) is 0 Å². The topological polar surface area (TPSA) is 17.1 Å². The largest absolute Gasteiger partial charge is 0.299 e. The van der Waals surface area contributed by atoms with Gasteiger partial charge in [-0.3, -0.25) is 4.79 Å². The number of carbonyl (C=O) groups excluding carboxylic acids is 1. The summed E-state index contributed by atoms with van der Waals surface area (Å²) in [7, 11) is 0. The van der Waals surface area contributed by atoms with E-state index in [1.165, 1.54) is 6.42 Å². The van der Waals surface area contributed by atoms with Crippen molar-refractivity contribution in [3.63, 3.8) is 0 Å². The molecule has 0 aromatic carbocycles. The summed E-state index contributed by atoms with van der Waals surface area (Å²) < 4.78 is 0. The highest BCUT2D eigenvalue weighted by atomic mass is 79.9. The summed E-state index contributed by atoms with van der Waals surface area (Å²) in [4.78, 5) is 12.1. The van der Waals surface area contributed by atoms with Gasteiger partial charge in [0.15, 0.2) is 0 Å². The number of hydrogen-bond acceptors (Lipinski definition) is 1. The minimum Gasteiger partial charge on any atom is -0.299 e. The standard InChI is InChI=1S/C11H16Br2O/c1-9-3-4-11(7-13,5-8(9)14)10(9,2)6-12/h3-7H2,1-2H3. The molecule has 2 bridgehead atoms. The molecule has 2 aliphatic carbocycles. The number of carbonyl (C=O) groups is 1. The van der Waals surface area contributed by atoms with Crippen molar-refractivity contribution in [2.24, 2.45) is 16.2 Å². The fourth-order valence-corrected chi connectivity index (χ4v) is 5.72. The number of halogens is 2. The van der Waals surface area contributed by atoms with E-state index in [0.717, 1.165) is 23.5 Å².